The summed E-state index contributed by atoms with van der Waals surface area (Å²) in [6.07, 6.45) is 0.498. The summed E-state index contributed by atoms with van der Waals surface area (Å²) in [5, 5.41) is 15.6. The Labute approximate surface area is 113 Å². The van der Waals surface area contributed by atoms with E-state index in [0.29, 0.717) is 11.7 Å². The fraction of sp³-hybridized carbons (Fsp3) is 0.500. The predicted molar refractivity (Wildman–Crippen MR) is 73.3 cm³/mol. The lowest BCUT2D eigenvalue weighted by Gasteiger charge is -2.28. The van der Waals surface area contributed by atoms with Crippen molar-refractivity contribution in [1.29, 1.82) is 0 Å². The van der Waals surface area contributed by atoms with Gasteiger partial charge in [-0.3, -0.25) is 5.32 Å². The van der Waals surface area contributed by atoms with E-state index >= 15 is 0 Å². The lowest BCUT2D eigenvalue weighted by Crippen LogP contribution is -2.35. The van der Waals surface area contributed by atoms with Gasteiger partial charge in [0.1, 0.15) is 11.4 Å². The van der Waals surface area contributed by atoms with E-state index in [-0.39, 0.29) is 5.75 Å². The monoisotopic (exact) mass is 264 g/mol. The molecule has 104 valence electrons. The number of hydrogen-bond donors (Lipinski definition) is 3. The molecule has 0 aliphatic carbocycles. The lowest BCUT2D eigenvalue weighted by molar-refractivity contribution is 0.0635. The number of amides is 1. The van der Waals surface area contributed by atoms with Crippen LogP contribution in [0, 0.1) is 0 Å². The third-order valence-corrected chi connectivity index (χ3v) is 2.88. The van der Waals surface area contributed by atoms with E-state index < -0.39 is 11.7 Å². The van der Waals surface area contributed by atoms with Crippen LogP contribution in [0.3, 0.4) is 0 Å². The number of phenols is 1. The molecule has 1 atom stereocenters. The van der Waals surface area contributed by atoms with Crippen LogP contribution >= 0.6 is 0 Å². The zero-order valence-corrected chi connectivity index (χ0v) is 11.5. The SMILES string of the molecule is CC(C)(C)OC(=O)Nc1cc(C2CCN2)ccc1O. The summed E-state index contributed by atoms with van der Waals surface area (Å²) in [5.74, 6) is 0.0360. The van der Waals surface area contributed by atoms with E-state index in [4.69, 9.17) is 4.74 Å². The van der Waals surface area contributed by atoms with Gasteiger partial charge < -0.3 is 15.2 Å². The van der Waals surface area contributed by atoms with Gasteiger partial charge in [-0.25, -0.2) is 4.79 Å². The van der Waals surface area contributed by atoms with Gasteiger partial charge in [0.25, 0.3) is 0 Å². The third kappa shape index (κ3) is 3.61. The molecule has 1 unspecified atom stereocenters. The van der Waals surface area contributed by atoms with Crippen LogP contribution in [0.5, 0.6) is 5.75 Å². The highest BCUT2D eigenvalue weighted by atomic mass is 16.6. The molecule has 1 aliphatic heterocycles. The van der Waals surface area contributed by atoms with Gasteiger partial charge in [-0.15, -0.1) is 0 Å². The second-order valence-corrected chi connectivity index (χ2v) is 5.70. The Bertz CT molecular complexity index is 476. The molecule has 5 nitrogen and oxygen atoms in total. The first-order chi connectivity index (χ1) is 8.85. The van der Waals surface area contributed by atoms with Gasteiger partial charge in [0.15, 0.2) is 0 Å². The minimum absolute atomic E-state index is 0.0360. The van der Waals surface area contributed by atoms with Crippen LogP contribution in [0.15, 0.2) is 18.2 Å². The molecule has 19 heavy (non-hydrogen) atoms. The number of aromatic hydroxyl groups is 1. The molecule has 5 heteroatoms. The maximum atomic E-state index is 11.7. The highest BCUT2D eigenvalue weighted by molar-refractivity contribution is 5.87. The summed E-state index contributed by atoms with van der Waals surface area (Å²) in [4.78, 5) is 11.7. The van der Waals surface area contributed by atoms with Crippen molar-refractivity contribution in [2.75, 3.05) is 11.9 Å². The van der Waals surface area contributed by atoms with E-state index in [1.54, 1.807) is 32.9 Å². The molecule has 0 saturated carbocycles. The number of phenolic OH excluding ortho intramolecular Hbond substituents is 1. The number of anilines is 1. The van der Waals surface area contributed by atoms with Crippen molar-refractivity contribution in [2.45, 2.75) is 38.8 Å². The number of ether oxygens (including phenoxy) is 1. The number of hydrogen-bond acceptors (Lipinski definition) is 4. The van der Waals surface area contributed by atoms with Crippen molar-refractivity contribution >= 4 is 11.8 Å². The first-order valence-electron chi connectivity index (χ1n) is 6.41. The van der Waals surface area contributed by atoms with Crippen molar-refractivity contribution in [3.8, 4) is 5.75 Å². The zero-order valence-electron chi connectivity index (χ0n) is 11.5. The summed E-state index contributed by atoms with van der Waals surface area (Å²) < 4.78 is 5.16. The average Bonchev–Trinajstić information content (AvgIpc) is 2.17. The van der Waals surface area contributed by atoms with Crippen molar-refractivity contribution in [3.63, 3.8) is 0 Å². The van der Waals surface area contributed by atoms with Gasteiger partial charge in [0.05, 0.1) is 5.69 Å². The maximum Gasteiger partial charge on any atom is 0.412 e. The van der Waals surface area contributed by atoms with Crippen molar-refractivity contribution < 1.29 is 14.6 Å². The molecule has 1 heterocycles. The highest BCUT2D eigenvalue weighted by Gasteiger charge is 2.21. The van der Waals surface area contributed by atoms with Crippen molar-refractivity contribution in [2.24, 2.45) is 0 Å². The molecule has 1 amide bonds. The first-order valence-corrected chi connectivity index (χ1v) is 6.41. The molecule has 1 aromatic carbocycles. The van der Waals surface area contributed by atoms with Crippen LogP contribution in [0.1, 0.15) is 38.8 Å². The number of carbonyl (C=O) groups excluding carboxylic acids is 1. The molecule has 1 saturated heterocycles. The van der Waals surface area contributed by atoms with Gasteiger partial charge in [-0.05, 0) is 51.4 Å². The number of benzene rings is 1. The quantitative estimate of drug-likeness (QED) is 0.718. The molecular weight excluding hydrogens is 244 g/mol. The Morgan fingerprint density at radius 3 is 2.68 bits per heavy atom. The average molecular weight is 264 g/mol. The number of nitrogens with one attached hydrogen (secondary N) is 2. The number of carbonyl (C=O) groups is 1. The standard InChI is InChI=1S/C14H20N2O3/c1-14(2,3)19-13(18)16-11-8-9(4-5-12(11)17)10-6-7-15-10/h4-5,8,10,15,17H,6-7H2,1-3H3,(H,16,18). The summed E-state index contributed by atoms with van der Waals surface area (Å²) in [6.45, 7) is 6.38. The Morgan fingerprint density at radius 2 is 2.16 bits per heavy atom. The van der Waals surface area contributed by atoms with E-state index in [9.17, 15) is 9.90 Å². The van der Waals surface area contributed by atoms with E-state index in [1.807, 2.05) is 6.07 Å². The van der Waals surface area contributed by atoms with Crippen LogP contribution in [-0.4, -0.2) is 23.3 Å². The molecule has 0 bridgehead atoms. The molecular formula is C14H20N2O3. The van der Waals surface area contributed by atoms with Crippen LogP contribution in [0.4, 0.5) is 10.5 Å². The van der Waals surface area contributed by atoms with Crippen molar-refractivity contribution in [1.82, 2.24) is 5.32 Å². The number of rotatable bonds is 2. The highest BCUT2D eigenvalue weighted by Crippen LogP contribution is 2.30. The van der Waals surface area contributed by atoms with Crippen molar-refractivity contribution in [3.05, 3.63) is 23.8 Å². The summed E-state index contributed by atoms with van der Waals surface area (Å²) in [6, 6.07) is 5.52. The van der Waals surface area contributed by atoms with Gasteiger partial charge >= 0.3 is 6.09 Å². The van der Waals surface area contributed by atoms with Gasteiger partial charge in [-0.2, -0.15) is 0 Å². The Kier molecular flexibility index (Phi) is 3.66. The molecule has 1 aromatic rings. The topological polar surface area (TPSA) is 70.6 Å². The third-order valence-electron chi connectivity index (χ3n) is 2.88. The van der Waals surface area contributed by atoms with E-state index in [1.165, 1.54) is 0 Å². The zero-order chi connectivity index (χ0) is 14.0. The van der Waals surface area contributed by atoms with E-state index in [2.05, 4.69) is 10.6 Å². The molecule has 2 rings (SSSR count). The lowest BCUT2D eigenvalue weighted by atomic mass is 9.97. The van der Waals surface area contributed by atoms with Gasteiger partial charge in [-0.1, -0.05) is 6.07 Å². The van der Waals surface area contributed by atoms with Crippen LogP contribution in [0.2, 0.25) is 0 Å². The summed E-state index contributed by atoms with van der Waals surface area (Å²) >= 11 is 0. The largest absolute Gasteiger partial charge is 0.506 e. The molecule has 0 radical (unpaired) electrons. The maximum absolute atomic E-state index is 11.7. The Balaban J connectivity index is 2.08. The van der Waals surface area contributed by atoms with E-state index in [0.717, 1.165) is 18.5 Å². The second-order valence-electron chi connectivity index (χ2n) is 5.70. The normalized spacial score (nSPS) is 18.6. The van der Waals surface area contributed by atoms with Gasteiger partial charge in [0.2, 0.25) is 0 Å². The minimum atomic E-state index is -0.568. The first kappa shape index (κ1) is 13.7. The van der Waals surface area contributed by atoms with Crippen LogP contribution in [0.25, 0.3) is 0 Å². The van der Waals surface area contributed by atoms with Gasteiger partial charge in [0, 0.05) is 6.04 Å². The molecule has 1 aliphatic rings. The predicted octanol–water partition coefficient (Wildman–Crippen LogP) is 2.77. The smallest absolute Gasteiger partial charge is 0.412 e. The fourth-order valence-electron chi connectivity index (χ4n) is 1.86. The molecule has 0 spiro atoms. The summed E-state index contributed by atoms with van der Waals surface area (Å²) in [5.41, 5.74) is 0.864. The van der Waals surface area contributed by atoms with Crippen LogP contribution in [-0.2, 0) is 4.74 Å². The second kappa shape index (κ2) is 5.09. The fourth-order valence-corrected chi connectivity index (χ4v) is 1.86. The summed E-state index contributed by atoms with van der Waals surface area (Å²) in [7, 11) is 0. The Hall–Kier alpha value is -1.75. The Morgan fingerprint density at radius 1 is 1.47 bits per heavy atom. The molecule has 1 fully saturated rings. The molecule has 3 N–H and O–H groups in total. The minimum Gasteiger partial charge on any atom is -0.506 e. The van der Waals surface area contributed by atoms with Crippen LogP contribution < -0.4 is 10.6 Å². The molecule has 0 aromatic heterocycles.